The number of rotatable bonds is 4. The lowest BCUT2D eigenvalue weighted by atomic mass is 9.70. The number of benzene rings is 8. The van der Waals surface area contributed by atoms with Crippen molar-refractivity contribution in [1.29, 1.82) is 0 Å². The molecule has 0 aromatic heterocycles. The molecule has 0 saturated carbocycles. The Morgan fingerprint density at radius 1 is 0.340 bits per heavy atom. The molecule has 1 heteroatoms. The highest BCUT2D eigenvalue weighted by molar-refractivity contribution is 5.97. The average molecular weight is 676 g/mol. The monoisotopic (exact) mass is 675 g/mol. The van der Waals surface area contributed by atoms with Crippen molar-refractivity contribution in [1.82, 2.24) is 0 Å². The van der Waals surface area contributed by atoms with Crippen LogP contribution in [0.2, 0.25) is 0 Å². The Labute approximate surface area is 311 Å². The predicted octanol–water partition coefficient (Wildman–Crippen LogP) is 13.5. The summed E-state index contributed by atoms with van der Waals surface area (Å²) in [6, 6.07) is 70.1. The van der Waals surface area contributed by atoms with Gasteiger partial charge in [-0.3, -0.25) is 0 Å². The molecule has 1 spiro atoms. The zero-order chi connectivity index (χ0) is 35.3. The highest BCUT2D eigenvalue weighted by Crippen LogP contribution is 2.63. The van der Waals surface area contributed by atoms with Crippen LogP contribution in [0, 0.1) is 0 Å². The Hall–Kier alpha value is -6.44. The Bertz CT molecular complexity index is 2690. The van der Waals surface area contributed by atoms with Gasteiger partial charge in [0, 0.05) is 16.8 Å². The average Bonchev–Trinajstić information content (AvgIpc) is 3.78. The third kappa shape index (κ3) is 4.02. The molecule has 3 aliphatic carbocycles. The number of fused-ring (bicyclic) bond motifs is 13. The maximum absolute atomic E-state index is 2.52. The Morgan fingerprint density at radius 2 is 0.792 bits per heavy atom. The molecule has 53 heavy (non-hydrogen) atoms. The van der Waals surface area contributed by atoms with Gasteiger partial charge in [-0.25, -0.2) is 0 Å². The zero-order valence-electron chi connectivity index (χ0n) is 29.8. The summed E-state index contributed by atoms with van der Waals surface area (Å²) in [7, 11) is 0. The van der Waals surface area contributed by atoms with Crippen LogP contribution in [-0.2, 0) is 10.8 Å². The number of nitrogens with zero attached hydrogens (tertiary/aromatic N) is 1. The summed E-state index contributed by atoms with van der Waals surface area (Å²) < 4.78 is 0. The van der Waals surface area contributed by atoms with Crippen molar-refractivity contribution < 1.29 is 0 Å². The van der Waals surface area contributed by atoms with E-state index in [0.29, 0.717) is 0 Å². The van der Waals surface area contributed by atoms with Crippen LogP contribution < -0.4 is 4.90 Å². The summed E-state index contributed by atoms with van der Waals surface area (Å²) in [5.74, 6) is 0. The van der Waals surface area contributed by atoms with Crippen molar-refractivity contribution in [3.8, 4) is 44.5 Å². The summed E-state index contributed by atoms with van der Waals surface area (Å²) in [5.41, 5.74) is 21.4. The van der Waals surface area contributed by atoms with Gasteiger partial charge in [0.1, 0.15) is 0 Å². The molecule has 8 aromatic rings. The predicted molar refractivity (Wildman–Crippen MR) is 220 cm³/mol. The van der Waals surface area contributed by atoms with Crippen molar-refractivity contribution >= 4 is 17.1 Å². The fraction of sp³-hybridized carbons (Fsp3) is 0.0769. The Morgan fingerprint density at radius 3 is 1.40 bits per heavy atom. The quantitative estimate of drug-likeness (QED) is 0.179. The minimum absolute atomic E-state index is 0.178. The largest absolute Gasteiger partial charge is 0.310 e. The lowest BCUT2D eigenvalue weighted by Gasteiger charge is -2.34. The fourth-order valence-electron chi connectivity index (χ4n) is 10.1. The van der Waals surface area contributed by atoms with Crippen LogP contribution >= 0.6 is 0 Å². The number of hydrogen-bond donors (Lipinski definition) is 0. The molecule has 0 atom stereocenters. The van der Waals surface area contributed by atoms with E-state index in [9.17, 15) is 0 Å². The van der Waals surface area contributed by atoms with Crippen LogP contribution in [0.5, 0.6) is 0 Å². The second kappa shape index (κ2) is 11.0. The number of hydrogen-bond acceptors (Lipinski definition) is 1. The molecule has 0 heterocycles. The van der Waals surface area contributed by atoms with E-state index < -0.39 is 5.41 Å². The molecule has 0 saturated heterocycles. The topological polar surface area (TPSA) is 3.24 Å². The van der Waals surface area contributed by atoms with Crippen LogP contribution in [0.4, 0.5) is 17.1 Å². The van der Waals surface area contributed by atoms with Crippen molar-refractivity contribution in [3.05, 3.63) is 221 Å². The van der Waals surface area contributed by atoms with Crippen molar-refractivity contribution in [2.24, 2.45) is 0 Å². The lowest BCUT2D eigenvalue weighted by Crippen LogP contribution is -2.26. The van der Waals surface area contributed by atoms with E-state index >= 15 is 0 Å². The van der Waals surface area contributed by atoms with E-state index in [1.54, 1.807) is 0 Å². The first-order valence-corrected chi connectivity index (χ1v) is 18.7. The molecule has 0 unspecified atom stereocenters. The van der Waals surface area contributed by atoms with Gasteiger partial charge in [-0.2, -0.15) is 0 Å². The summed E-state index contributed by atoms with van der Waals surface area (Å²) in [6.07, 6.45) is 0. The Kier molecular flexibility index (Phi) is 6.29. The first kappa shape index (κ1) is 30.2. The van der Waals surface area contributed by atoms with Gasteiger partial charge in [0.05, 0.1) is 11.1 Å². The third-order valence-corrected chi connectivity index (χ3v) is 12.3. The molecule has 0 fully saturated rings. The molecular weight excluding hydrogens is 639 g/mol. The lowest BCUT2D eigenvalue weighted by molar-refractivity contribution is 0.661. The van der Waals surface area contributed by atoms with E-state index in [4.69, 9.17) is 0 Å². The molecule has 250 valence electrons. The van der Waals surface area contributed by atoms with E-state index in [2.05, 4.69) is 207 Å². The zero-order valence-corrected chi connectivity index (χ0v) is 29.8. The fourth-order valence-corrected chi connectivity index (χ4v) is 10.1. The molecule has 11 rings (SSSR count). The molecule has 0 N–H and O–H groups in total. The summed E-state index contributed by atoms with van der Waals surface area (Å²) in [6.45, 7) is 4.77. The van der Waals surface area contributed by atoms with E-state index in [-0.39, 0.29) is 5.41 Å². The van der Waals surface area contributed by atoms with Gasteiger partial charge in [0.15, 0.2) is 0 Å². The van der Waals surface area contributed by atoms with Crippen LogP contribution in [0.1, 0.15) is 47.2 Å². The second-order valence-electron chi connectivity index (χ2n) is 15.2. The van der Waals surface area contributed by atoms with Crippen molar-refractivity contribution in [3.63, 3.8) is 0 Å². The van der Waals surface area contributed by atoms with Crippen LogP contribution in [0.3, 0.4) is 0 Å². The SMILES string of the molecule is CC1(C)c2ccccc2-c2cccc(N(c3ccc(-c4ccccc4)cc3)c3ccc4c(c3)C3(c5ccccc5-c5ccccc53)c3ccccc3-4)c21. The normalized spacial score (nSPS) is 14.5. The Balaban J connectivity index is 1.18. The number of anilines is 3. The molecule has 1 nitrogen and oxygen atoms in total. The van der Waals surface area contributed by atoms with Crippen molar-refractivity contribution in [2.45, 2.75) is 24.7 Å². The van der Waals surface area contributed by atoms with E-state index in [0.717, 1.165) is 11.4 Å². The molecule has 0 radical (unpaired) electrons. The maximum Gasteiger partial charge on any atom is 0.0726 e. The highest BCUT2D eigenvalue weighted by Gasteiger charge is 2.51. The van der Waals surface area contributed by atoms with Gasteiger partial charge in [0.25, 0.3) is 0 Å². The highest BCUT2D eigenvalue weighted by atomic mass is 15.1. The molecule has 0 amide bonds. The van der Waals surface area contributed by atoms with Gasteiger partial charge in [-0.1, -0.05) is 172 Å². The second-order valence-corrected chi connectivity index (χ2v) is 15.2. The maximum atomic E-state index is 2.52. The van der Waals surface area contributed by atoms with E-state index in [1.165, 1.54) is 83.6 Å². The van der Waals surface area contributed by atoms with Crippen LogP contribution in [0.15, 0.2) is 188 Å². The van der Waals surface area contributed by atoms with Crippen molar-refractivity contribution in [2.75, 3.05) is 4.90 Å². The smallest absolute Gasteiger partial charge is 0.0726 e. The summed E-state index contributed by atoms with van der Waals surface area (Å²) in [4.78, 5) is 2.52. The molecule has 0 bridgehead atoms. The minimum Gasteiger partial charge on any atom is -0.310 e. The molecule has 0 aliphatic heterocycles. The molecular formula is C52H37N. The van der Waals surface area contributed by atoms with Crippen LogP contribution in [0.25, 0.3) is 44.5 Å². The van der Waals surface area contributed by atoms with Crippen LogP contribution in [-0.4, -0.2) is 0 Å². The van der Waals surface area contributed by atoms with Gasteiger partial charge in [-0.05, 0) is 108 Å². The van der Waals surface area contributed by atoms with Gasteiger partial charge in [0.2, 0.25) is 0 Å². The van der Waals surface area contributed by atoms with Gasteiger partial charge >= 0.3 is 0 Å². The first-order valence-electron chi connectivity index (χ1n) is 18.7. The first-order chi connectivity index (χ1) is 26.1. The van der Waals surface area contributed by atoms with Gasteiger partial charge in [-0.15, -0.1) is 0 Å². The minimum atomic E-state index is -0.411. The molecule has 8 aromatic carbocycles. The molecule has 3 aliphatic rings. The third-order valence-electron chi connectivity index (χ3n) is 12.3. The standard InChI is InChI=1S/C52H37N/c1-51(2)44-22-10-6-20-41(44)43-21-14-26-49(50(43)51)53(36-29-27-35(28-30-36)34-15-4-3-5-16-34)37-31-32-42-40-19-9-13-25-47(40)52(48(42)33-37)45-23-11-7-17-38(45)39-18-8-12-24-46(39)52/h3-33H,1-2H3. The van der Waals surface area contributed by atoms with E-state index in [1.807, 2.05) is 0 Å². The summed E-state index contributed by atoms with van der Waals surface area (Å²) >= 11 is 0. The van der Waals surface area contributed by atoms with Gasteiger partial charge < -0.3 is 4.90 Å². The summed E-state index contributed by atoms with van der Waals surface area (Å²) in [5, 5.41) is 0.